The molecule has 0 bridgehead atoms. The standard InChI is InChI=1S/C13H17BrClNO2/c14-7-3-1-2-4-8-16-13(18)11-6-5-10(15)9-12(11)17/h5-6,9,17H,1-4,7-8H2,(H,16,18). The average molecular weight is 335 g/mol. The van der Waals surface area contributed by atoms with Crippen molar-refractivity contribution in [3.05, 3.63) is 28.8 Å². The first-order valence-corrected chi connectivity index (χ1v) is 7.47. The van der Waals surface area contributed by atoms with Crippen LogP contribution in [0.25, 0.3) is 0 Å². The van der Waals surface area contributed by atoms with Gasteiger partial charge in [0.05, 0.1) is 5.56 Å². The van der Waals surface area contributed by atoms with E-state index in [1.165, 1.54) is 12.1 Å². The van der Waals surface area contributed by atoms with E-state index in [1.54, 1.807) is 6.07 Å². The number of phenols is 1. The topological polar surface area (TPSA) is 49.3 Å². The largest absolute Gasteiger partial charge is 0.507 e. The highest BCUT2D eigenvalue weighted by Crippen LogP contribution is 2.21. The van der Waals surface area contributed by atoms with Crippen molar-refractivity contribution < 1.29 is 9.90 Å². The molecule has 0 spiro atoms. The van der Waals surface area contributed by atoms with Gasteiger partial charge in [-0.25, -0.2) is 0 Å². The van der Waals surface area contributed by atoms with Gasteiger partial charge in [-0.05, 0) is 31.0 Å². The lowest BCUT2D eigenvalue weighted by atomic mass is 10.1. The first-order chi connectivity index (χ1) is 8.65. The molecule has 100 valence electrons. The van der Waals surface area contributed by atoms with E-state index in [9.17, 15) is 9.90 Å². The van der Waals surface area contributed by atoms with Crippen molar-refractivity contribution in [1.82, 2.24) is 5.32 Å². The quantitative estimate of drug-likeness (QED) is 0.589. The van der Waals surface area contributed by atoms with Crippen LogP contribution in [0.1, 0.15) is 36.0 Å². The summed E-state index contributed by atoms with van der Waals surface area (Å²) in [6.07, 6.45) is 4.37. The summed E-state index contributed by atoms with van der Waals surface area (Å²) in [6, 6.07) is 4.48. The first-order valence-electron chi connectivity index (χ1n) is 5.98. The van der Waals surface area contributed by atoms with Gasteiger partial charge in [-0.1, -0.05) is 40.4 Å². The maximum Gasteiger partial charge on any atom is 0.255 e. The third-order valence-corrected chi connectivity index (χ3v) is 3.35. The molecule has 3 nitrogen and oxygen atoms in total. The number of unbranched alkanes of at least 4 members (excludes halogenated alkanes) is 3. The normalized spacial score (nSPS) is 10.3. The van der Waals surface area contributed by atoms with Crippen LogP contribution in [0.2, 0.25) is 5.02 Å². The highest BCUT2D eigenvalue weighted by atomic mass is 79.9. The number of alkyl halides is 1. The Bertz CT molecular complexity index is 399. The Balaban J connectivity index is 2.32. The molecular formula is C13H17BrClNO2. The Morgan fingerprint density at radius 2 is 2.00 bits per heavy atom. The number of amides is 1. The molecule has 0 fully saturated rings. The summed E-state index contributed by atoms with van der Waals surface area (Å²) in [5.41, 5.74) is 0.264. The molecule has 0 aliphatic rings. The number of benzene rings is 1. The fourth-order valence-electron chi connectivity index (χ4n) is 1.57. The van der Waals surface area contributed by atoms with Gasteiger partial charge in [0.25, 0.3) is 5.91 Å². The number of carbonyl (C=O) groups is 1. The van der Waals surface area contributed by atoms with E-state index in [4.69, 9.17) is 11.6 Å². The van der Waals surface area contributed by atoms with E-state index in [0.717, 1.165) is 31.0 Å². The first kappa shape index (κ1) is 15.3. The summed E-state index contributed by atoms with van der Waals surface area (Å²) < 4.78 is 0. The molecule has 0 saturated carbocycles. The maximum atomic E-state index is 11.7. The van der Waals surface area contributed by atoms with Gasteiger partial charge in [0.1, 0.15) is 5.75 Å². The van der Waals surface area contributed by atoms with E-state index in [-0.39, 0.29) is 17.2 Å². The van der Waals surface area contributed by atoms with Crippen LogP contribution in [0, 0.1) is 0 Å². The average Bonchev–Trinajstić information content (AvgIpc) is 2.33. The lowest BCUT2D eigenvalue weighted by molar-refractivity contribution is 0.0950. The lowest BCUT2D eigenvalue weighted by Crippen LogP contribution is -2.24. The van der Waals surface area contributed by atoms with Gasteiger partial charge in [0, 0.05) is 16.9 Å². The van der Waals surface area contributed by atoms with Crippen molar-refractivity contribution in [1.29, 1.82) is 0 Å². The van der Waals surface area contributed by atoms with Crippen molar-refractivity contribution in [3.8, 4) is 5.75 Å². The van der Waals surface area contributed by atoms with Crippen molar-refractivity contribution in [2.75, 3.05) is 11.9 Å². The van der Waals surface area contributed by atoms with Crippen LogP contribution in [0.15, 0.2) is 18.2 Å². The number of halogens is 2. The van der Waals surface area contributed by atoms with Crippen LogP contribution in [0.3, 0.4) is 0 Å². The molecule has 1 aromatic rings. The van der Waals surface area contributed by atoms with E-state index in [0.29, 0.717) is 11.6 Å². The zero-order chi connectivity index (χ0) is 13.4. The van der Waals surface area contributed by atoms with Gasteiger partial charge in [0.2, 0.25) is 0 Å². The summed E-state index contributed by atoms with van der Waals surface area (Å²) in [5, 5.41) is 13.8. The minimum atomic E-state index is -0.260. The second-order valence-corrected chi connectivity index (χ2v) is 5.25. The summed E-state index contributed by atoms with van der Waals surface area (Å²) in [5.74, 6) is -0.344. The Kier molecular flexibility index (Phi) is 7.13. The molecule has 1 amide bonds. The molecule has 0 unspecified atom stereocenters. The molecule has 0 atom stereocenters. The zero-order valence-electron chi connectivity index (χ0n) is 10.1. The smallest absolute Gasteiger partial charge is 0.255 e. The number of carbonyl (C=O) groups excluding carboxylic acids is 1. The summed E-state index contributed by atoms with van der Waals surface area (Å²) in [7, 11) is 0. The predicted molar refractivity (Wildman–Crippen MR) is 77.7 cm³/mol. The predicted octanol–water partition coefficient (Wildman–Crippen LogP) is 3.73. The van der Waals surface area contributed by atoms with Crippen LogP contribution in [0.4, 0.5) is 0 Å². The molecule has 0 saturated heterocycles. The van der Waals surface area contributed by atoms with Gasteiger partial charge in [0.15, 0.2) is 0 Å². The Hall–Kier alpha value is -0.740. The molecule has 18 heavy (non-hydrogen) atoms. The van der Waals surface area contributed by atoms with E-state index < -0.39 is 0 Å². The van der Waals surface area contributed by atoms with Crippen molar-refractivity contribution >= 4 is 33.4 Å². The van der Waals surface area contributed by atoms with E-state index >= 15 is 0 Å². The van der Waals surface area contributed by atoms with Crippen LogP contribution < -0.4 is 5.32 Å². The van der Waals surface area contributed by atoms with Gasteiger partial charge < -0.3 is 10.4 Å². The molecule has 5 heteroatoms. The van der Waals surface area contributed by atoms with Gasteiger partial charge in [-0.3, -0.25) is 4.79 Å². The van der Waals surface area contributed by atoms with Crippen LogP contribution in [-0.2, 0) is 0 Å². The minimum Gasteiger partial charge on any atom is -0.507 e. The van der Waals surface area contributed by atoms with Crippen molar-refractivity contribution in [2.45, 2.75) is 25.7 Å². The summed E-state index contributed by atoms with van der Waals surface area (Å²) in [6.45, 7) is 0.628. The molecule has 1 aromatic carbocycles. The lowest BCUT2D eigenvalue weighted by Gasteiger charge is -2.07. The maximum absolute atomic E-state index is 11.7. The van der Waals surface area contributed by atoms with E-state index in [2.05, 4.69) is 21.2 Å². The third kappa shape index (κ3) is 5.27. The van der Waals surface area contributed by atoms with Gasteiger partial charge in [-0.2, -0.15) is 0 Å². The second-order valence-electron chi connectivity index (χ2n) is 4.02. The minimum absolute atomic E-state index is 0.0840. The summed E-state index contributed by atoms with van der Waals surface area (Å²) in [4.78, 5) is 11.7. The van der Waals surface area contributed by atoms with Crippen molar-refractivity contribution in [3.63, 3.8) is 0 Å². The summed E-state index contributed by atoms with van der Waals surface area (Å²) >= 11 is 9.08. The molecule has 0 heterocycles. The second kappa shape index (κ2) is 8.38. The van der Waals surface area contributed by atoms with Crippen LogP contribution >= 0.6 is 27.5 Å². The molecular weight excluding hydrogens is 318 g/mol. The number of nitrogens with one attached hydrogen (secondary N) is 1. The van der Waals surface area contributed by atoms with Gasteiger partial charge in [-0.15, -0.1) is 0 Å². The molecule has 2 N–H and O–H groups in total. The van der Waals surface area contributed by atoms with Crippen LogP contribution in [0.5, 0.6) is 5.75 Å². The van der Waals surface area contributed by atoms with Crippen molar-refractivity contribution in [2.24, 2.45) is 0 Å². The molecule has 0 aliphatic heterocycles. The zero-order valence-corrected chi connectivity index (χ0v) is 12.4. The number of rotatable bonds is 7. The Morgan fingerprint density at radius 1 is 1.28 bits per heavy atom. The SMILES string of the molecule is O=C(NCCCCCCBr)c1ccc(Cl)cc1O. The third-order valence-electron chi connectivity index (χ3n) is 2.55. The number of hydrogen-bond acceptors (Lipinski definition) is 2. The molecule has 0 aliphatic carbocycles. The monoisotopic (exact) mass is 333 g/mol. The Morgan fingerprint density at radius 3 is 2.67 bits per heavy atom. The van der Waals surface area contributed by atoms with Crippen LogP contribution in [-0.4, -0.2) is 22.9 Å². The van der Waals surface area contributed by atoms with E-state index in [1.807, 2.05) is 0 Å². The molecule has 0 radical (unpaired) electrons. The molecule has 1 rings (SSSR count). The number of hydrogen-bond donors (Lipinski definition) is 2. The highest BCUT2D eigenvalue weighted by Gasteiger charge is 2.10. The Labute approximate surface area is 121 Å². The molecule has 0 aromatic heterocycles. The fraction of sp³-hybridized carbons (Fsp3) is 0.462. The highest BCUT2D eigenvalue weighted by molar-refractivity contribution is 9.09. The number of phenolic OH excluding ortho intramolecular Hbond substituents is 1. The fourth-order valence-corrected chi connectivity index (χ4v) is 2.13. The number of aromatic hydroxyl groups is 1. The van der Waals surface area contributed by atoms with Gasteiger partial charge >= 0.3 is 0 Å².